The topological polar surface area (TPSA) is 99.2 Å². The molecular weight excluding hydrogens is 348 g/mol. The minimum atomic E-state index is -0.139. The van der Waals surface area contributed by atoms with Crippen molar-refractivity contribution in [3.63, 3.8) is 0 Å². The number of pyridine rings is 1. The lowest BCUT2D eigenvalue weighted by atomic mass is 10.2. The molecule has 4 rings (SSSR count). The quantitative estimate of drug-likeness (QED) is 0.645. The maximum Gasteiger partial charge on any atom is 0.324 e. The zero-order chi connectivity index (χ0) is 18.6. The van der Waals surface area contributed by atoms with Crippen LogP contribution in [0.25, 0.3) is 11.3 Å². The Bertz CT molecular complexity index is 955. The van der Waals surface area contributed by atoms with E-state index in [1.165, 1.54) is 10.7 Å². The van der Waals surface area contributed by atoms with Crippen LogP contribution in [-0.2, 0) is 17.9 Å². The minimum absolute atomic E-state index is 0.0650. The number of aromatic nitrogens is 5. The normalized spacial score (nSPS) is 16.8. The van der Waals surface area contributed by atoms with Crippen LogP contribution in [0.1, 0.15) is 18.7 Å². The van der Waals surface area contributed by atoms with Gasteiger partial charge in [0.25, 0.3) is 5.56 Å². The Balaban J connectivity index is 1.56. The van der Waals surface area contributed by atoms with Crippen LogP contribution < -0.4 is 10.5 Å². The van der Waals surface area contributed by atoms with E-state index in [1.807, 2.05) is 17.0 Å². The second-order valence-electron chi connectivity index (χ2n) is 6.40. The van der Waals surface area contributed by atoms with Gasteiger partial charge in [0.2, 0.25) is 0 Å². The summed E-state index contributed by atoms with van der Waals surface area (Å²) in [6.07, 6.45) is 5.35. The van der Waals surface area contributed by atoms with Crippen molar-refractivity contribution in [1.29, 1.82) is 0 Å². The molecule has 0 aliphatic carbocycles. The third-order valence-electron chi connectivity index (χ3n) is 4.56. The van der Waals surface area contributed by atoms with Crippen molar-refractivity contribution in [2.75, 3.05) is 18.6 Å². The van der Waals surface area contributed by atoms with Crippen LogP contribution in [0.4, 0.5) is 6.01 Å². The Labute approximate surface area is 155 Å². The molecule has 4 heterocycles. The van der Waals surface area contributed by atoms with Crippen LogP contribution in [0.5, 0.6) is 0 Å². The smallest absolute Gasteiger partial charge is 0.324 e. The Morgan fingerprint density at radius 1 is 1.33 bits per heavy atom. The van der Waals surface area contributed by atoms with E-state index in [0.717, 1.165) is 24.9 Å². The molecule has 3 aromatic heterocycles. The molecule has 9 nitrogen and oxygen atoms in total. The van der Waals surface area contributed by atoms with Gasteiger partial charge in [-0.05, 0) is 31.0 Å². The van der Waals surface area contributed by atoms with Crippen molar-refractivity contribution in [2.45, 2.75) is 32.0 Å². The highest BCUT2D eigenvalue weighted by Gasteiger charge is 2.29. The number of rotatable bonds is 6. The van der Waals surface area contributed by atoms with E-state index in [0.29, 0.717) is 30.7 Å². The highest BCUT2D eigenvalue weighted by molar-refractivity contribution is 5.56. The molecule has 0 bridgehead atoms. The van der Waals surface area contributed by atoms with Crippen LogP contribution in [0.2, 0.25) is 0 Å². The average molecular weight is 368 g/mol. The van der Waals surface area contributed by atoms with E-state index in [-0.39, 0.29) is 11.6 Å². The second-order valence-corrected chi connectivity index (χ2v) is 6.40. The Morgan fingerprint density at radius 2 is 2.26 bits per heavy atom. The number of ether oxygens (including phenoxy) is 1. The summed E-state index contributed by atoms with van der Waals surface area (Å²) >= 11 is 0. The van der Waals surface area contributed by atoms with Gasteiger partial charge in [-0.1, -0.05) is 5.16 Å². The summed E-state index contributed by atoms with van der Waals surface area (Å²) in [5.74, 6) is 0.506. The minimum Gasteiger partial charge on any atom is -0.377 e. The molecule has 1 saturated heterocycles. The van der Waals surface area contributed by atoms with Gasteiger partial charge in [0.05, 0.1) is 18.3 Å². The van der Waals surface area contributed by atoms with Crippen LogP contribution in [0.15, 0.2) is 46.0 Å². The molecule has 1 atom stereocenters. The standard InChI is InChI=1S/C18H20N6O3/c1-26-12-16-20-18(27-22-16)23-9-3-5-14(23)11-24-17(25)7-6-15(21-24)13-4-2-8-19-10-13/h2,4,6-8,10,14H,3,5,9,11-12H2,1H3. The van der Waals surface area contributed by atoms with Gasteiger partial charge in [-0.3, -0.25) is 9.78 Å². The number of hydrogen-bond acceptors (Lipinski definition) is 8. The molecule has 1 aliphatic rings. The molecule has 1 unspecified atom stereocenters. The third-order valence-corrected chi connectivity index (χ3v) is 4.56. The van der Waals surface area contributed by atoms with Crippen LogP contribution >= 0.6 is 0 Å². The molecule has 0 spiro atoms. The van der Waals surface area contributed by atoms with Crippen molar-refractivity contribution >= 4 is 6.01 Å². The van der Waals surface area contributed by atoms with E-state index in [4.69, 9.17) is 9.26 Å². The largest absolute Gasteiger partial charge is 0.377 e. The number of hydrogen-bond donors (Lipinski definition) is 0. The SMILES string of the molecule is COCc1noc(N2CCCC2Cn2nc(-c3cccnc3)ccc2=O)n1. The predicted molar refractivity (Wildman–Crippen MR) is 97.1 cm³/mol. The van der Waals surface area contributed by atoms with Gasteiger partial charge >= 0.3 is 6.01 Å². The van der Waals surface area contributed by atoms with Gasteiger partial charge in [0, 0.05) is 37.7 Å². The van der Waals surface area contributed by atoms with Gasteiger partial charge in [-0.2, -0.15) is 10.1 Å². The molecule has 9 heteroatoms. The Hall–Kier alpha value is -3.07. The van der Waals surface area contributed by atoms with E-state index < -0.39 is 0 Å². The fraction of sp³-hybridized carbons (Fsp3) is 0.389. The fourth-order valence-corrected chi connectivity index (χ4v) is 3.27. The molecule has 0 aromatic carbocycles. The molecule has 3 aromatic rings. The molecular formula is C18H20N6O3. The zero-order valence-corrected chi connectivity index (χ0v) is 15.0. The first-order valence-electron chi connectivity index (χ1n) is 8.81. The summed E-state index contributed by atoms with van der Waals surface area (Å²) in [4.78, 5) is 22.8. The summed E-state index contributed by atoms with van der Waals surface area (Å²) in [6.45, 7) is 1.56. The molecule has 0 N–H and O–H groups in total. The van der Waals surface area contributed by atoms with Crippen molar-refractivity contribution in [2.24, 2.45) is 0 Å². The second kappa shape index (κ2) is 7.67. The lowest BCUT2D eigenvalue weighted by Gasteiger charge is -2.22. The highest BCUT2D eigenvalue weighted by atomic mass is 16.5. The maximum absolute atomic E-state index is 12.3. The van der Waals surface area contributed by atoms with Crippen molar-refractivity contribution in [3.8, 4) is 11.3 Å². The molecule has 0 saturated carbocycles. The van der Waals surface area contributed by atoms with Gasteiger partial charge in [0.1, 0.15) is 6.61 Å². The first-order valence-corrected chi connectivity index (χ1v) is 8.81. The Kier molecular flexibility index (Phi) is 4.93. The first-order chi connectivity index (χ1) is 13.2. The Morgan fingerprint density at radius 3 is 3.07 bits per heavy atom. The van der Waals surface area contributed by atoms with Gasteiger partial charge < -0.3 is 14.2 Å². The average Bonchev–Trinajstić information content (AvgIpc) is 3.34. The van der Waals surface area contributed by atoms with Crippen molar-refractivity contribution in [3.05, 3.63) is 52.8 Å². The van der Waals surface area contributed by atoms with E-state index in [2.05, 4.69) is 20.2 Å². The summed E-state index contributed by atoms with van der Waals surface area (Å²) < 4.78 is 11.9. The zero-order valence-electron chi connectivity index (χ0n) is 15.0. The maximum atomic E-state index is 12.3. The number of methoxy groups -OCH3 is 1. The summed E-state index contributed by atoms with van der Waals surface area (Å²) in [6, 6.07) is 7.55. The van der Waals surface area contributed by atoms with Crippen LogP contribution in [0.3, 0.4) is 0 Å². The summed E-state index contributed by atoms with van der Waals surface area (Å²) in [5.41, 5.74) is 1.45. The third kappa shape index (κ3) is 3.72. The highest BCUT2D eigenvalue weighted by Crippen LogP contribution is 2.25. The van der Waals surface area contributed by atoms with E-state index in [1.54, 1.807) is 25.6 Å². The molecule has 1 fully saturated rings. The van der Waals surface area contributed by atoms with Gasteiger partial charge in [-0.15, -0.1) is 0 Å². The van der Waals surface area contributed by atoms with Crippen molar-refractivity contribution < 1.29 is 9.26 Å². The van der Waals surface area contributed by atoms with Crippen molar-refractivity contribution in [1.82, 2.24) is 24.9 Å². The lowest BCUT2D eigenvalue weighted by Crippen LogP contribution is -2.37. The van der Waals surface area contributed by atoms with Crippen LogP contribution in [0, 0.1) is 0 Å². The lowest BCUT2D eigenvalue weighted by molar-refractivity contribution is 0.174. The monoisotopic (exact) mass is 368 g/mol. The molecule has 0 radical (unpaired) electrons. The first kappa shape index (κ1) is 17.3. The fourth-order valence-electron chi connectivity index (χ4n) is 3.27. The summed E-state index contributed by atoms with van der Waals surface area (Å²) in [7, 11) is 1.59. The van der Waals surface area contributed by atoms with Crippen LogP contribution in [-0.4, -0.2) is 44.6 Å². The molecule has 140 valence electrons. The van der Waals surface area contributed by atoms with E-state index in [9.17, 15) is 4.79 Å². The van der Waals surface area contributed by atoms with E-state index >= 15 is 0 Å². The molecule has 27 heavy (non-hydrogen) atoms. The molecule has 0 amide bonds. The predicted octanol–water partition coefficient (Wildman–Crippen LogP) is 1.50. The van der Waals surface area contributed by atoms with Gasteiger partial charge in [0.15, 0.2) is 5.82 Å². The number of nitrogens with zero attached hydrogens (tertiary/aromatic N) is 6. The molecule has 1 aliphatic heterocycles. The van der Waals surface area contributed by atoms with Gasteiger partial charge in [-0.25, -0.2) is 4.68 Å². The summed E-state index contributed by atoms with van der Waals surface area (Å²) in [5, 5.41) is 8.44. The number of anilines is 1.